The van der Waals surface area contributed by atoms with E-state index < -0.39 is 0 Å². The van der Waals surface area contributed by atoms with E-state index in [2.05, 4.69) is 4.98 Å². The SMILES string of the molecule is Cc1cc([N+](=O)[O-])c2ncc([C]3[CH][CH][CH][CH]3)cc2c1. The third-order valence-electron chi connectivity index (χ3n) is 3.10. The zero-order valence-corrected chi connectivity index (χ0v) is 10.3. The molecule has 0 unspecified atom stereocenters. The van der Waals surface area contributed by atoms with Gasteiger partial charge in [-0.05, 0) is 55.9 Å². The van der Waals surface area contributed by atoms with E-state index in [1.165, 1.54) is 0 Å². The molecule has 1 heterocycles. The maximum atomic E-state index is 11.0. The lowest BCUT2D eigenvalue weighted by atomic mass is 9.97. The molecule has 0 spiro atoms. The van der Waals surface area contributed by atoms with Gasteiger partial charge in [0.25, 0.3) is 5.69 Å². The van der Waals surface area contributed by atoms with Gasteiger partial charge in [0.2, 0.25) is 0 Å². The maximum absolute atomic E-state index is 11.0. The smallest absolute Gasteiger partial charge is 0.258 e. The molecule has 1 aliphatic carbocycles. The first-order chi connectivity index (χ1) is 9.15. The van der Waals surface area contributed by atoms with Gasteiger partial charge in [0, 0.05) is 23.6 Å². The summed E-state index contributed by atoms with van der Waals surface area (Å²) in [6, 6.07) is 5.41. The molecule has 0 atom stereocenters. The molecule has 1 saturated carbocycles. The van der Waals surface area contributed by atoms with Crippen LogP contribution >= 0.6 is 0 Å². The number of benzene rings is 1. The van der Waals surface area contributed by atoms with Gasteiger partial charge in [-0.3, -0.25) is 10.1 Å². The van der Waals surface area contributed by atoms with Crippen molar-refractivity contribution in [3.63, 3.8) is 0 Å². The van der Waals surface area contributed by atoms with Crippen LogP contribution in [0.5, 0.6) is 0 Å². The predicted octanol–water partition coefficient (Wildman–Crippen LogP) is 3.20. The molecule has 0 N–H and O–H groups in total. The molecule has 19 heavy (non-hydrogen) atoms. The van der Waals surface area contributed by atoms with Gasteiger partial charge in [0.15, 0.2) is 0 Å². The van der Waals surface area contributed by atoms with E-state index in [1.54, 1.807) is 12.3 Å². The number of non-ortho nitro benzene ring substituents is 1. The lowest BCUT2D eigenvalue weighted by molar-refractivity contribution is -0.383. The lowest BCUT2D eigenvalue weighted by Gasteiger charge is -2.09. The zero-order chi connectivity index (χ0) is 13.4. The van der Waals surface area contributed by atoms with Gasteiger partial charge in [0.1, 0.15) is 5.52 Å². The van der Waals surface area contributed by atoms with E-state index in [-0.39, 0.29) is 10.6 Å². The average molecular weight is 251 g/mol. The molecule has 0 bridgehead atoms. The summed E-state index contributed by atoms with van der Waals surface area (Å²) < 4.78 is 0. The lowest BCUT2D eigenvalue weighted by Crippen LogP contribution is -1.98. The van der Waals surface area contributed by atoms with Gasteiger partial charge in [-0.25, -0.2) is 4.98 Å². The Morgan fingerprint density at radius 3 is 2.58 bits per heavy atom. The van der Waals surface area contributed by atoms with Crippen LogP contribution in [0.2, 0.25) is 0 Å². The maximum Gasteiger partial charge on any atom is 0.295 e. The number of aromatic nitrogens is 1. The summed E-state index contributed by atoms with van der Waals surface area (Å²) in [5.41, 5.74) is 2.33. The fraction of sp³-hybridized carbons (Fsp3) is 0.0667. The van der Waals surface area contributed by atoms with Crippen molar-refractivity contribution in [2.45, 2.75) is 6.92 Å². The Hall–Kier alpha value is -1.97. The second kappa shape index (κ2) is 4.61. The van der Waals surface area contributed by atoms with Gasteiger partial charge in [-0.15, -0.1) is 0 Å². The first-order valence-corrected chi connectivity index (χ1v) is 5.92. The van der Waals surface area contributed by atoms with Crippen LogP contribution < -0.4 is 0 Å². The molecule has 0 aliphatic heterocycles. The van der Waals surface area contributed by atoms with E-state index in [4.69, 9.17) is 0 Å². The average Bonchev–Trinajstić information content (AvgIpc) is 2.90. The van der Waals surface area contributed by atoms with Gasteiger partial charge < -0.3 is 0 Å². The molecule has 5 radical (unpaired) electrons. The second-order valence-corrected chi connectivity index (χ2v) is 4.51. The molecule has 0 saturated heterocycles. The minimum absolute atomic E-state index is 0.0593. The summed E-state index contributed by atoms with van der Waals surface area (Å²) in [7, 11) is 0. The minimum Gasteiger partial charge on any atom is -0.258 e. The molecule has 4 heteroatoms. The molecule has 1 aliphatic rings. The number of fused-ring (bicyclic) bond motifs is 1. The molecular formula is C15H11N2O2. The fourth-order valence-electron chi connectivity index (χ4n) is 2.24. The van der Waals surface area contributed by atoms with Crippen molar-refractivity contribution in [2.75, 3.05) is 0 Å². The third-order valence-corrected chi connectivity index (χ3v) is 3.10. The molecule has 3 rings (SSSR count). The van der Waals surface area contributed by atoms with E-state index in [9.17, 15) is 10.1 Å². The highest BCUT2D eigenvalue weighted by Gasteiger charge is 2.21. The molecule has 2 aromatic rings. The van der Waals surface area contributed by atoms with E-state index >= 15 is 0 Å². The summed E-state index contributed by atoms with van der Waals surface area (Å²) in [6.45, 7) is 1.85. The first kappa shape index (κ1) is 12.1. The van der Waals surface area contributed by atoms with Crippen LogP contribution in [0.3, 0.4) is 0 Å². The molecule has 93 valence electrons. The van der Waals surface area contributed by atoms with Crippen LogP contribution in [0, 0.1) is 48.6 Å². The summed E-state index contributed by atoms with van der Waals surface area (Å²) in [5.74, 6) is 1.07. The summed E-state index contributed by atoms with van der Waals surface area (Å²) >= 11 is 0. The van der Waals surface area contributed by atoms with E-state index in [0.29, 0.717) is 5.52 Å². The predicted molar refractivity (Wildman–Crippen MR) is 72.7 cm³/mol. The highest BCUT2D eigenvalue weighted by molar-refractivity contribution is 5.88. The van der Waals surface area contributed by atoms with E-state index in [1.807, 2.05) is 44.7 Å². The van der Waals surface area contributed by atoms with Gasteiger partial charge >= 0.3 is 0 Å². The van der Waals surface area contributed by atoms with Crippen LogP contribution in [-0.2, 0) is 0 Å². The number of pyridine rings is 1. The van der Waals surface area contributed by atoms with Crippen molar-refractivity contribution >= 4 is 16.6 Å². The van der Waals surface area contributed by atoms with Crippen molar-refractivity contribution in [3.8, 4) is 0 Å². The highest BCUT2D eigenvalue weighted by Crippen LogP contribution is 2.33. The van der Waals surface area contributed by atoms with Crippen LogP contribution in [-0.4, -0.2) is 9.91 Å². The summed E-state index contributed by atoms with van der Waals surface area (Å²) in [5, 5.41) is 11.8. The number of nitro groups is 1. The van der Waals surface area contributed by atoms with Gasteiger partial charge in [0.05, 0.1) is 4.92 Å². The number of aryl methyl sites for hydroxylation is 1. The number of hydrogen-bond acceptors (Lipinski definition) is 3. The molecule has 4 nitrogen and oxygen atoms in total. The van der Waals surface area contributed by atoms with Crippen LogP contribution in [0.4, 0.5) is 5.69 Å². The highest BCUT2D eigenvalue weighted by atomic mass is 16.6. The van der Waals surface area contributed by atoms with Crippen molar-refractivity contribution in [2.24, 2.45) is 0 Å². The summed E-state index contributed by atoms with van der Waals surface area (Å²) in [6.07, 6.45) is 9.58. The Labute approximate surface area is 111 Å². The van der Waals surface area contributed by atoms with Gasteiger partial charge in [-0.2, -0.15) is 0 Å². The Morgan fingerprint density at radius 1 is 1.16 bits per heavy atom. The normalized spacial score (nSPS) is 16.1. The van der Waals surface area contributed by atoms with Crippen LogP contribution in [0.1, 0.15) is 11.1 Å². The second-order valence-electron chi connectivity index (χ2n) is 4.51. The number of nitro benzene ring substituents is 1. The third kappa shape index (κ3) is 2.18. The Balaban J connectivity index is 2.15. The molecule has 1 fully saturated rings. The van der Waals surface area contributed by atoms with E-state index in [0.717, 1.165) is 22.4 Å². The largest absolute Gasteiger partial charge is 0.295 e. The molecular weight excluding hydrogens is 240 g/mol. The monoisotopic (exact) mass is 251 g/mol. The number of rotatable bonds is 2. The van der Waals surface area contributed by atoms with Crippen molar-refractivity contribution in [1.29, 1.82) is 0 Å². The number of nitrogens with zero attached hydrogens (tertiary/aromatic N) is 2. The quantitative estimate of drug-likeness (QED) is 0.608. The molecule has 1 aromatic carbocycles. The van der Waals surface area contributed by atoms with Crippen molar-refractivity contribution in [1.82, 2.24) is 4.98 Å². The van der Waals surface area contributed by atoms with Crippen LogP contribution in [0.15, 0.2) is 24.4 Å². The Morgan fingerprint density at radius 2 is 1.89 bits per heavy atom. The van der Waals surface area contributed by atoms with Gasteiger partial charge in [-0.1, -0.05) is 0 Å². The van der Waals surface area contributed by atoms with Crippen molar-refractivity contribution in [3.05, 3.63) is 77.2 Å². The first-order valence-electron chi connectivity index (χ1n) is 5.92. The zero-order valence-electron chi connectivity index (χ0n) is 10.3. The number of hydrogen-bond donors (Lipinski definition) is 0. The summed E-state index contributed by atoms with van der Waals surface area (Å²) in [4.78, 5) is 14.9. The molecule has 0 amide bonds. The fourth-order valence-corrected chi connectivity index (χ4v) is 2.24. The molecule has 1 aromatic heterocycles. The van der Waals surface area contributed by atoms with Crippen molar-refractivity contribution < 1.29 is 4.92 Å². The standard InChI is InChI=1S/C15H11N2O2/c1-10-6-12-8-13(11-4-2-3-5-11)9-16-15(12)14(7-10)17(18)19/h2-9H,1H3. The Kier molecular flexibility index (Phi) is 2.93. The van der Waals surface area contributed by atoms with Crippen LogP contribution in [0.25, 0.3) is 10.9 Å². The Bertz CT molecular complexity index is 646. The minimum atomic E-state index is -0.384. The topological polar surface area (TPSA) is 56.0 Å².